The van der Waals surface area contributed by atoms with Gasteiger partial charge >= 0.3 is 12.2 Å². The summed E-state index contributed by atoms with van der Waals surface area (Å²) in [5.74, 6) is -0.349. The molecule has 5 rings (SSSR count). The Morgan fingerprint density at radius 3 is 2.39 bits per heavy atom. The lowest BCUT2D eigenvalue weighted by molar-refractivity contribution is -0.137. The topological polar surface area (TPSA) is 102 Å². The van der Waals surface area contributed by atoms with E-state index in [0.29, 0.717) is 40.9 Å². The number of hydrogen-bond donors (Lipinski definition) is 3. The summed E-state index contributed by atoms with van der Waals surface area (Å²) >= 11 is 5.77. The van der Waals surface area contributed by atoms with Crippen molar-refractivity contribution >= 4 is 57.3 Å². The Bertz CT molecular complexity index is 1590. The molecule has 0 atom stereocenters. The number of likely N-dealkylation sites (N-methyl/N-ethyl adjacent to an activating group) is 1. The van der Waals surface area contributed by atoms with Crippen molar-refractivity contribution in [3.63, 3.8) is 0 Å². The predicted molar refractivity (Wildman–Crippen MR) is 152 cm³/mol. The number of carbonyl (C=O) groups is 2. The maximum Gasteiger partial charge on any atom is 0.417 e. The van der Waals surface area contributed by atoms with Gasteiger partial charge in [-0.25, -0.2) is 14.8 Å². The zero-order chi connectivity index (χ0) is 29.1. The summed E-state index contributed by atoms with van der Waals surface area (Å²) in [6, 6.07) is 14.5. The summed E-state index contributed by atoms with van der Waals surface area (Å²) in [5.41, 5.74) is 1.02. The molecule has 0 radical (unpaired) electrons. The monoisotopic (exact) mass is 583 g/mol. The largest absolute Gasteiger partial charge is 0.417 e. The van der Waals surface area contributed by atoms with Crippen LogP contribution in [0.5, 0.6) is 0 Å². The van der Waals surface area contributed by atoms with Gasteiger partial charge in [0.2, 0.25) is 0 Å². The van der Waals surface area contributed by atoms with Crippen LogP contribution in [-0.2, 0) is 6.18 Å². The minimum Gasteiger partial charge on any atom is -0.367 e. The molecule has 0 aliphatic carbocycles. The Labute approximate surface area is 238 Å². The molecule has 0 unspecified atom stereocenters. The molecule has 212 valence electrons. The standard InChI is InChI=1S/C28H25ClF3N7O2/c1-38-9-11-39(12-10-38)24-15-22-19(14-23(24)36-27(41)37-26(40)17-5-3-2-4-6-17)25(34-16-33-22)35-18-7-8-21(29)20(13-18)28(30,31)32/h2-8,13-16H,9-12H2,1H3,(H,33,34,35)(H2,36,37,40,41). The fraction of sp³-hybridized carbons (Fsp3) is 0.214. The van der Waals surface area contributed by atoms with Gasteiger partial charge in [0.05, 0.1) is 27.5 Å². The van der Waals surface area contributed by atoms with E-state index < -0.39 is 28.7 Å². The average Bonchev–Trinajstić information content (AvgIpc) is 2.94. The molecular weight excluding hydrogens is 559 g/mol. The lowest BCUT2D eigenvalue weighted by atomic mass is 10.1. The van der Waals surface area contributed by atoms with Crippen molar-refractivity contribution in [2.24, 2.45) is 0 Å². The van der Waals surface area contributed by atoms with Crippen LogP contribution < -0.4 is 20.9 Å². The number of fused-ring (bicyclic) bond motifs is 1. The average molecular weight is 584 g/mol. The Morgan fingerprint density at radius 1 is 0.951 bits per heavy atom. The van der Waals surface area contributed by atoms with Crippen molar-refractivity contribution in [1.29, 1.82) is 0 Å². The minimum absolute atomic E-state index is 0.116. The van der Waals surface area contributed by atoms with Crippen LogP contribution in [-0.4, -0.2) is 60.0 Å². The highest BCUT2D eigenvalue weighted by molar-refractivity contribution is 6.31. The first-order chi connectivity index (χ1) is 19.6. The van der Waals surface area contributed by atoms with E-state index in [2.05, 4.69) is 35.7 Å². The number of hydrogen-bond acceptors (Lipinski definition) is 7. The summed E-state index contributed by atoms with van der Waals surface area (Å²) in [6.45, 7) is 2.96. The summed E-state index contributed by atoms with van der Waals surface area (Å²) in [7, 11) is 2.02. The van der Waals surface area contributed by atoms with Crippen LogP contribution >= 0.6 is 11.6 Å². The van der Waals surface area contributed by atoms with Crippen molar-refractivity contribution in [2.75, 3.05) is 48.8 Å². The number of benzene rings is 3. The molecule has 41 heavy (non-hydrogen) atoms. The Morgan fingerprint density at radius 2 is 1.68 bits per heavy atom. The molecule has 13 heteroatoms. The summed E-state index contributed by atoms with van der Waals surface area (Å²) in [4.78, 5) is 38.4. The number of nitrogens with zero attached hydrogens (tertiary/aromatic N) is 4. The summed E-state index contributed by atoms with van der Waals surface area (Å²) in [5, 5.41) is 8.03. The third-order valence-corrected chi connectivity index (χ3v) is 6.97. The molecule has 0 saturated carbocycles. The van der Waals surface area contributed by atoms with E-state index >= 15 is 0 Å². The van der Waals surface area contributed by atoms with E-state index in [4.69, 9.17) is 11.6 Å². The molecule has 0 bridgehead atoms. The second-order valence-corrected chi connectivity index (χ2v) is 9.90. The van der Waals surface area contributed by atoms with Crippen molar-refractivity contribution in [3.05, 3.63) is 83.1 Å². The van der Waals surface area contributed by atoms with Gasteiger partial charge in [-0.05, 0) is 49.5 Å². The van der Waals surface area contributed by atoms with Crippen LogP contribution in [0.1, 0.15) is 15.9 Å². The fourth-order valence-corrected chi connectivity index (χ4v) is 4.70. The van der Waals surface area contributed by atoms with E-state index in [0.717, 1.165) is 25.2 Å². The number of rotatable bonds is 5. The Balaban J connectivity index is 1.50. The Kier molecular flexibility index (Phi) is 7.95. The first-order valence-electron chi connectivity index (χ1n) is 12.6. The summed E-state index contributed by atoms with van der Waals surface area (Å²) < 4.78 is 40.3. The van der Waals surface area contributed by atoms with Gasteiger partial charge in [0.25, 0.3) is 5.91 Å². The molecule has 1 fully saturated rings. The number of carbonyl (C=O) groups excluding carboxylic acids is 2. The highest BCUT2D eigenvalue weighted by Crippen LogP contribution is 2.38. The number of piperazine rings is 1. The third-order valence-electron chi connectivity index (χ3n) is 6.64. The van der Waals surface area contributed by atoms with Crippen molar-refractivity contribution in [1.82, 2.24) is 20.2 Å². The van der Waals surface area contributed by atoms with Crippen LogP contribution in [0.4, 0.5) is 40.8 Å². The number of amides is 3. The van der Waals surface area contributed by atoms with Crippen LogP contribution in [0.2, 0.25) is 5.02 Å². The van der Waals surface area contributed by atoms with Gasteiger partial charge in [-0.3, -0.25) is 10.1 Å². The number of nitrogens with one attached hydrogen (secondary N) is 3. The minimum atomic E-state index is -4.64. The van der Waals surface area contributed by atoms with E-state index in [1.165, 1.54) is 12.4 Å². The van der Waals surface area contributed by atoms with Crippen LogP contribution in [0.25, 0.3) is 10.9 Å². The molecule has 0 spiro atoms. The molecule has 1 aromatic heterocycles. The molecule has 3 N–H and O–H groups in total. The first kappa shape index (κ1) is 28.1. The molecular formula is C28H25ClF3N7O2. The van der Waals surface area contributed by atoms with Crippen LogP contribution in [0, 0.1) is 0 Å². The molecule has 1 aliphatic rings. The predicted octanol–water partition coefficient (Wildman–Crippen LogP) is 5.76. The lowest BCUT2D eigenvalue weighted by Gasteiger charge is -2.35. The van der Waals surface area contributed by atoms with Crippen LogP contribution in [0.15, 0.2) is 67.0 Å². The molecule has 3 amide bonds. The van der Waals surface area contributed by atoms with Crippen molar-refractivity contribution in [3.8, 4) is 0 Å². The number of imide groups is 1. The smallest absolute Gasteiger partial charge is 0.367 e. The van der Waals surface area contributed by atoms with Crippen molar-refractivity contribution < 1.29 is 22.8 Å². The van der Waals surface area contributed by atoms with E-state index in [9.17, 15) is 22.8 Å². The highest BCUT2D eigenvalue weighted by atomic mass is 35.5. The van der Waals surface area contributed by atoms with Crippen LogP contribution in [0.3, 0.4) is 0 Å². The highest BCUT2D eigenvalue weighted by Gasteiger charge is 2.33. The van der Waals surface area contributed by atoms with Gasteiger partial charge in [-0.2, -0.15) is 13.2 Å². The van der Waals surface area contributed by atoms with Gasteiger partial charge < -0.3 is 20.4 Å². The molecule has 4 aromatic rings. The van der Waals surface area contributed by atoms with Gasteiger partial charge in [-0.15, -0.1) is 0 Å². The summed E-state index contributed by atoms with van der Waals surface area (Å²) in [6.07, 6.45) is -3.33. The molecule has 9 nitrogen and oxygen atoms in total. The first-order valence-corrected chi connectivity index (χ1v) is 13.0. The zero-order valence-corrected chi connectivity index (χ0v) is 22.6. The maximum atomic E-state index is 13.4. The van der Waals surface area contributed by atoms with Crippen molar-refractivity contribution in [2.45, 2.75) is 6.18 Å². The number of aromatic nitrogens is 2. The van der Waals surface area contributed by atoms with E-state index in [1.54, 1.807) is 42.5 Å². The second kappa shape index (κ2) is 11.6. The second-order valence-electron chi connectivity index (χ2n) is 9.49. The molecule has 1 aliphatic heterocycles. The number of halogens is 4. The number of anilines is 4. The van der Waals surface area contributed by atoms with E-state index in [1.807, 2.05) is 7.05 Å². The molecule has 2 heterocycles. The van der Waals surface area contributed by atoms with E-state index in [-0.39, 0.29) is 11.5 Å². The number of alkyl halides is 3. The molecule has 3 aromatic carbocycles. The third kappa shape index (κ3) is 6.50. The molecule has 1 saturated heterocycles. The SMILES string of the molecule is CN1CCN(c2cc3ncnc(Nc4ccc(Cl)c(C(F)(F)F)c4)c3cc2NC(=O)NC(=O)c2ccccc2)CC1. The quantitative estimate of drug-likeness (QED) is 0.275. The van der Waals surface area contributed by atoms with Gasteiger partial charge in [0.15, 0.2) is 0 Å². The zero-order valence-electron chi connectivity index (χ0n) is 21.8. The number of urea groups is 1. The maximum absolute atomic E-state index is 13.4. The Hall–Kier alpha value is -4.42. The van der Waals surface area contributed by atoms with Gasteiger partial charge in [0.1, 0.15) is 12.1 Å². The van der Waals surface area contributed by atoms with Gasteiger partial charge in [0, 0.05) is 42.8 Å². The fourth-order valence-electron chi connectivity index (χ4n) is 4.48. The lowest BCUT2D eigenvalue weighted by Crippen LogP contribution is -2.45. The van der Waals surface area contributed by atoms with Gasteiger partial charge in [-0.1, -0.05) is 29.8 Å². The normalized spacial score (nSPS) is 14.1.